The van der Waals surface area contributed by atoms with Gasteiger partial charge in [0.1, 0.15) is 23.5 Å². The first-order chi connectivity index (χ1) is 12.7. The van der Waals surface area contributed by atoms with Crippen LogP contribution in [0.15, 0.2) is 70.0 Å². The number of fused-ring (bicyclic) bond motifs is 3. The van der Waals surface area contributed by atoms with Gasteiger partial charge in [0, 0.05) is 29.1 Å². The molecule has 0 saturated heterocycles. The number of ether oxygens (including phenoxy) is 1. The minimum absolute atomic E-state index is 0.0823. The van der Waals surface area contributed by atoms with Crippen molar-refractivity contribution in [3.8, 4) is 5.75 Å². The topological polar surface area (TPSA) is 73.5 Å². The summed E-state index contributed by atoms with van der Waals surface area (Å²) in [5.74, 6) is 0.199. The summed E-state index contributed by atoms with van der Waals surface area (Å²) in [6.07, 6.45) is 1.57. The van der Waals surface area contributed by atoms with Crippen molar-refractivity contribution in [1.82, 2.24) is 4.57 Å². The standard InChI is InChI=1S/C20H16N2O4/c1-25-18-10-14-13-6-2-3-7-16(13)26-17(14)11-15(18)21-19(23)12-22-9-5-4-8-20(22)24/h2-11H,12H2,1H3,(H,21,23). The Bertz CT molecular complexity index is 1170. The fourth-order valence-electron chi connectivity index (χ4n) is 2.95. The van der Waals surface area contributed by atoms with E-state index in [4.69, 9.17) is 9.15 Å². The number of pyridine rings is 1. The SMILES string of the molecule is COc1cc2c(cc1NC(=O)Cn1ccccc1=O)oc1ccccc12. The van der Waals surface area contributed by atoms with Gasteiger partial charge in [-0.2, -0.15) is 0 Å². The average molecular weight is 348 g/mol. The predicted molar refractivity (Wildman–Crippen MR) is 99.6 cm³/mol. The summed E-state index contributed by atoms with van der Waals surface area (Å²) in [5.41, 5.74) is 1.68. The summed E-state index contributed by atoms with van der Waals surface area (Å²) in [7, 11) is 1.54. The lowest BCUT2D eigenvalue weighted by atomic mass is 10.1. The molecule has 0 fully saturated rings. The number of para-hydroxylation sites is 1. The van der Waals surface area contributed by atoms with Crippen LogP contribution in [0.4, 0.5) is 5.69 Å². The maximum atomic E-state index is 12.4. The number of nitrogens with zero attached hydrogens (tertiary/aromatic N) is 1. The van der Waals surface area contributed by atoms with Gasteiger partial charge in [-0.1, -0.05) is 24.3 Å². The number of carbonyl (C=O) groups excluding carboxylic acids is 1. The summed E-state index contributed by atoms with van der Waals surface area (Å²) < 4.78 is 12.6. The van der Waals surface area contributed by atoms with Crippen molar-refractivity contribution in [3.63, 3.8) is 0 Å². The molecular formula is C20H16N2O4. The molecule has 4 aromatic rings. The van der Waals surface area contributed by atoms with Crippen LogP contribution in [-0.4, -0.2) is 17.6 Å². The van der Waals surface area contributed by atoms with E-state index < -0.39 is 0 Å². The quantitative estimate of drug-likeness (QED) is 0.613. The molecule has 0 aliphatic rings. The Kier molecular flexibility index (Phi) is 3.93. The van der Waals surface area contributed by atoms with Crippen molar-refractivity contribution >= 4 is 33.5 Å². The van der Waals surface area contributed by atoms with Crippen molar-refractivity contribution in [1.29, 1.82) is 0 Å². The molecule has 130 valence electrons. The molecule has 0 saturated carbocycles. The van der Waals surface area contributed by atoms with Gasteiger partial charge in [-0.15, -0.1) is 0 Å². The molecule has 1 amide bonds. The van der Waals surface area contributed by atoms with Gasteiger partial charge in [-0.3, -0.25) is 9.59 Å². The Morgan fingerprint density at radius 1 is 1.08 bits per heavy atom. The highest BCUT2D eigenvalue weighted by Gasteiger charge is 2.14. The number of furan rings is 1. The fraction of sp³-hybridized carbons (Fsp3) is 0.100. The van der Waals surface area contributed by atoms with E-state index in [2.05, 4.69) is 5.32 Å². The average Bonchev–Trinajstić information content (AvgIpc) is 3.00. The molecule has 6 heteroatoms. The second kappa shape index (κ2) is 6.40. The van der Waals surface area contributed by atoms with Gasteiger partial charge in [-0.05, 0) is 18.2 Å². The smallest absolute Gasteiger partial charge is 0.250 e. The van der Waals surface area contributed by atoms with E-state index in [1.54, 1.807) is 31.5 Å². The highest BCUT2D eigenvalue weighted by atomic mass is 16.5. The second-order valence-electron chi connectivity index (χ2n) is 5.86. The van der Waals surface area contributed by atoms with Crippen molar-refractivity contribution < 1.29 is 13.9 Å². The lowest BCUT2D eigenvalue weighted by Gasteiger charge is -2.11. The van der Waals surface area contributed by atoms with Gasteiger partial charge in [0.15, 0.2) is 0 Å². The Labute approximate surface area is 148 Å². The lowest BCUT2D eigenvalue weighted by Crippen LogP contribution is -2.26. The molecule has 0 aliphatic heterocycles. The molecule has 6 nitrogen and oxygen atoms in total. The third kappa shape index (κ3) is 2.82. The van der Waals surface area contributed by atoms with Gasteiger partial charge in [0.25, 0.3) is 5.56 Å². The maximum Gasteiger partial charge on any atom is 0.250 e. The molecule has 0 unspecified atom stereocenters. The van der Waals surface area contributed by atoms with E-state index in [9.17, 15) is 9.59 Å². The molecule has 4 rings (SSSR count). The van der Waals surface area contributed by atoms with Gasteiger partial charge >= 0.3 is 0 Å². The van der Waals surface area contributed by atoms with Gasteiger partial charge in [0.05, 0.1) is 12.8 Å². The Hall–Kier alpha value is -3.54. The van der Waals surface area contributed by atoms with E-state index >= 15 is 0 Å². The van der Waals surface area contributed by atoms with Crippen molar-refractivity contribution in [3.05, 3.63) is 71.1 Å². The molecule has 26 heavy (non-hydrogen) atoms. The highest BCUT2D eigenvalue weighted by molar-refractivity contribution is 6.07. The first kappa shape index (κ1) is 16.0. The van der Waals surface area contributed by atoms with Crippen molar-refractivity contribution in [2.75, 3.05) is 12.4 Å². The van der Waals surface area contributed by atoms with Crippen molar-refractivity contribution in [2.45, 2.75) is 6.54 Å². The number of rotatable bonds is 4. The fourth-order valence-corrected chi connectivity index (χ4v) is 2.95. The summed E-state index contributed by atoms with van der Waals surface area (Å²) in [6, 6.07) is 16.0. The third-order valence-corrected chi connectivity index (χ3v) is 4.19. The molecule has 0 spiro atoms. The molecule has 2 aromatic carbocycles. The number of amides is 1. The summed E-state index contributed by atoms with van der Waals surface area (Å²) in [4.78, 5) is 24.1. The van der Waals surface area contributed by atoms with Crippen LogP contribution in [0.1, 0.15) is 0 Å². The minimum Gasteiger partial charge on any atom is -0.495 e. The van der Waals surface area contributed by atoms with Crippen LogP contribution >= 0.6 is 0 Å². The first-order valence-electron chi connectivity index (χ1n) is 8.10. The molecule has 0 radical (unpaired) electrons. The second-order valence-corrected chi connectivity index (χ2v) is 5.86. The van der Waals surface area contributed by atoms with Gasteiger partial charge in [0.2, 0.25) is 5.91 Å². The minimum atomic E-state index is -0.327. The number of anilines is 1. The zero-order chi connectivity index (χ0) is 18.1. The molecule has 2 aromatic heterocycles. The number of hydrogen-bond donors (Lipinski definition) is 1. The summed E-state index contributed by atoms with van der Waals surface area (Å²) in [6.45, 7) is -0.0823. The Morgan fingerprint density at radius 2 is 1.88 bits per heavy atom. The Balaban J connectivity index is 1.69. The molecule has 0 atom stereocenters. The summed E-state index contributed by atoms with van der Waals surface area (Å²) >= 11 is 0. The number of aromatic nitrogens is 1. The molecular weight excluding hydrogens is 332 g/mol. The largest absolute Gasteiger partial charge is 0.495 e. The van der Waals surface area contributed by atoms with Gasteiger partial charge < -0.3 is 19.0 Å². The zero-order valence-electron chi connectivity index (χ0n) is 14.1. The Morgan fingerprint density at radius 3 is 2.69 bits per heavy atom. The van der Waals surface area contributed by atoms with Crippen molar-refractivity contribution in [2.24, 2.45) is 0 Å². The maximum absolute atomic E-state index is 12.4. The van der Waals surface area contributed by atoms with Crippen LogP contribution < -0.4 is 15.6 Å². The summed E-state index contributed by atoms with van der Waals surface area (Å²) in [5, 5.41) is 4.68. The number of hydrogen-bond acceptors (Lipinski definition) is 4. The van der Waals surface area contributed by atoms with Crippen LogP contribution in [0.5, 0.6) is 5.75 Å². The van der Waals surface area contributed by atoms with E-state index in [0.717, 1.165) is 16.4 Å². The van der Waals surface area contributed by atoms with E-state index in [-0.39, 0.29) is 18.0 Å². The van der Waals surface area contributed by atoms with Crippen LogP contribution in [-0.2, 0) is 11.3 Å². The van der Waals surface area contributed by atoms with Crippen LogP contribution in [0.3, 0.4) is 0 Å². The molecule has 1 N–H and O–H groups in total. The van der Waals surface area contributed by atoms with Gasteiger partial charge in [-0.25, -0.2) is 0 Å². The van der Waals surface area contributed by atoms with Crippen LogP contribution in [0.25, 0.3) is 21.9 Å². The van der Waals surface area contributed by atoms with E-state index in [1.807, 2.05) is 30.3 Å². The van der Waals surface area contributed by atoms with Crippen LogP contribution in [0.2, 0.25) is 0 Å². The highest BCUT2D eigenvalue weighted by Crippen LogP contribution is 2.36. The number of benzene rings is 2. The number of nitrogens with one attached hydrogen (secondary N) is 1. The zero-order valence-corrected chi connectivity index (χ0v) is 14.1. The third-order valence-electron chi connectivity index (χ3n) is 4.19. The monoisotopic (exact) mass is 348 g/mol. The van der Waals surface area contributed by atoms with Crippen LogP contribution in [0, 0.1) is 0 Å². The molecule has 0 bridgehead atoms. The normalized spacial score (nSPS) is 11.0. The molecule has 0 aliphatic carbocycles. The number of carbonyl (C=O) groups is 1. The van der Waals surface area contributed by atoms with E-state index in [1.165, 1.54) is 10.6 Å². The number of methoxy groups -OCH3 is 1. The van der Waals surface area contributed by atoms with E-state index in [0.29, 0.717) is 17.0 Å². The predicted octanol–water partition coefficient (Wildman–Crippen LogP) is 3.40. The molecule has 2 heterocycles. The first-order valence-corrected chi connectivity index (χ1v) is 8.10. The lowest BCUT2D eigenvalue weighted by molar-refractivity contribution is -0.116.